The van der Waals surface area contributed by atoms with Gasteiger partial charge >= 0.3 is 0 Å². The second-order valence-electron chi connectivity index (χ2n) is 11.8. The number of rotatable bonds is 9. The molecule has 1 saturated carbocycles. The zero-order valence-corrected chi connectivity index (χ0v) is 22.7. The molecule has 1 aliphatic carbocycles. The maximum absolute atomic E-state index is 13.9. The molecular weight excluding hydrogens is 464 g/mol. The van der Waals surface area contributed by atoms with Crippen molar-refractivity contribution in [3.05, 3.63) is 29.8 Å². The minimum absolute atomic E-state index is 0.201. The number of fused-ring (bicyclic) bond motifs is 2. The van der Waals surface area contributed by atoms with Crippen LogP contribution in [0.3, 0.4) is 0 Å². The molecule has 1 amide bonds. The van der Waals surface area contributed by atoms with Crippen molar-refractivity contribution in [2.45, 2.75) is 69.3 Å². The van der Waals surface area contributed by atoms with Crippen LogP contribution in [-0.2, 0) is 14.9 Å². The third-order valence-electron chi connectivity index (χ3n) is 9.30. The highest BCUT2D eigenvalue weighted by molar-refractivity contribution is 6.08. The van der Waals surface area contributed by atoms with Crippen molar-refractivity contribution in [3.63, 3.8) is 0 Å². The Bertz CT molecular complexity index is 858. The fourth-order valence-corrected chi connectivity index (χ4v) is 7.07. The number of carbonyl (C=O) groups excluding carboxylic acids is 1. The number of amides is 1. The van der Waals surface area contributed by atoms with Gasteiger partial charge in [0.25, 0.3) is 0 Å². The van der Waals surface area contributed by atoms with E-state index >= 15 is 0 Å². The lowest BCUT2D eigenvalue weighted by Crippen LogP contribution is -2.51. The lowest BCUT2D eigenvalue weighted by Gasteiger charge is -2.40. The van der Waals surface area contributed by atoms with E-state index in [1.165, 1.54) is 57.1 Å². The van der Waals surface area contributed by atoms with Gasteiger partial charge in [0.1, 0.15) is 0 Å². The SMILES string of the molecule is O=C1N(CC(O)CNCCN2CCOCC2)c2ccccc2C12CCN(CC1CCCCCCC1)CC2. The molecule has 1 unspecified atom stereocenters. The summed E-state index contributed by atoms with van der Waals surface area (Å²) in [6.07, 6.45) is 10.9. The Kier molecular flexibility index (Phi) is 9.53. The van der Waals surface area contributed by atoms with Gasteiger partial charge in [-0.15, -0.1) is 0 Å². The standard InChI is InChI=1S/C30H48N4O3/c35-26(22-31-14-17-32-18-20-37-21-19-32)24-34-28-11-7-6-10-27(28)30(29(34)36)12-15-33(16-13-30)23-25-8-4-2-1-3-5-9-25/h6-7,10-11,25-26,31,35H,1-5,8-9,12-24H2. The fraction of sp³-hybridized carbons (Fsp3) is 0.767. The first-order valence-corrected chi connectivity index (χ1v) is 15.0. The molecule has 1 spiro atoms. The van der Waals surface area contributed by atoms with Crippen molar-refractivity contribution >= 4 is 11.6 Å². The fourth-order valence-electron chi connectivity index (χ4n) is 7.07. The molecule has 206 valence electrons. The molecule has 3 fully saturated rings. The number of morpholine rings is 1. The van der Waals surface area contributed by atoms with Crippen LogP contribution in [0.4, 0.5) is 5.69 Å². The number of hydrogen-bond donors (Lipinski definition) is 2. The molecule has 37 heavy (non-hydrogen) atoms. The van der Waals surface area contributed by atoms with E-state index in [-0.39, 0.29) is 5.91 Å². The Morgan fingerprint density at radius 2 is 1.68 bits per heavy atom. The summed E-state index contributed by atoms with van der Waals surface area (Å²) in [7, 11) is 0. The number of anilines is 1. The predicted molar refractivity (Wildman–Crippen MR) is 148 cm³/mol. The maximum Gasteiger partial charge on any atom is 0.237 e. The molecule has 0 bridgehead atoms. The summed E-state index contributed by atoms with van der Waals surface area (Å²) in [5.41, 5.74) is 1.77. The topological polar surface area (TPSA) is 68.3 Å². The van der Waals surface area contributed by atoms with Gasteiger partial charge in [0.05, 0.1) is 31.3 Å². The minimum Gasteiger partial charge on any atom is -0.390 e. The highest BCUT2D eigenvalue weighted by Gasteiger charge is 2.52. The van der Waals surface area contributed by atoms with Crippen molar-refractivity contribution in [3.8, 4) is 0 Å². The number of nitrogens with zero attached hydrogens (tertiary/aromatic N) is 3. The number of β-amino-alcohol motifs (C(OH)–C–C–N with tert-alkyl or cyclic N) is 1. The molecule has 1 atom stereocenters. The number of carbonyl (C=O) groups is 1. The van der Waals surface area contributed by atoms with Crippen LogP contribution in [0.5, 0.6) is 0 Å². The van der Waals surface area contributed by atoms with Crippen molar-refractivity contribution in [2.75, 3.05) is 77.0 Å². The maximum atomic E-state index is 13.9. The Morgan fingerprint density at radius 1 is 0.973 bits per heavy atom. The summed E-state index contributed by atoms with van der Waals surface area (Å²) < 4.78 is 5.41. The number of hydrogen-bond acceptors (Lipinski definition) is 6. The molecule has 4 aliphatic rings. The average Bonchev–Trinajstić information content (AvgIpc) is 3.13. The quantitative estimate of drug-likeness (QED) is 0.496. The molecule has 2 N–H and O–H groups in total. The Labute approximate surface area is 223 Å². The van der Waals surface area contributed by atoms with Crippen LogP contribution >= 0.6 is 0 Å². The van der Waals surface area contributed by atoms with Crippen LogP contribution in [-0.4, -0.2) is 99.0 Å². The Balaban J connectivity index is 1.14. The Morgan fingerprint density at radius 3 is 2.43 bits per heavy atom. The van der Waals surface area contributed by atoms with Gasteiger partial charge in [-0.1, -0.05) is 50.3 Å². The summed E-state index contributed by atoms with van der Waals surface area (Å²) in [4.78, 5) is 20.8. The van der Waals surface area contributed by atoms with E-state index in [2.05, 4.69) is 33.3 Å². The van der Waals surface area contributed by atoms with Gasteiger partial charge in [-0.25, -0.2) is 0 Å². The second-order valence-corrected chi connectivity index (χ2v) is 11.8. The van der Waals surface area contributed by atoms with Crippen LogP contribution in [0.2, 0.25) is 0 Å². The lowest BCUT2D eigenvalue weighted by atomic mass is 9.73. The van der Waals surface area contributed by atoms with Gasteiger partial charge in [0.2, 0.25) is 5.91 Å². The third kappa shape index (κ3) is 6.56. The monoisotopic (exact) mass is 512 g/mol. The second kappa shape index (κ2) is 13.0. The van der Waals surface area contributed by atoms with Crippen LogP contribution in [0.15, 0.2) is 24.3 Å². The summed E-state index contributed by atoms with van der Waals surface area (Å²) in [5, 5.41) is 14.2. The van der Waals surface area contributed by atoms with Crippen molar-refractivity contribution < 1.29 is 14.6 Å². The third-order valence-corrected chi connectivity index (χ3v) is 9.30. The van der Waals surface area contributed by atoms with E-state index in [0.717, 1.165) is 76.9 Å². The largest absolute Gasteiger partial charge is 0.390 e. The minimum atomic E-state index is -0.587. The molecule has 7 nitrogen and oxygen atoms in total. The molecule has 5 rings (SSSR count). The Hall–Kier alpha value is -1.51. The summed E-state index contributed by atoms with van der Waals surface area (Å²) in [6, 6.07) is 8.32. The number of nitrogens with one attached hydrogen (secondary N) is 1. The van der Waals surface area contributed by atoms with E-state index in [1.807, 2.05) is 11.0 Å². The van der Waals surface area contributed by atoms with Gasteiger partial charge in [-0.3, -0.25) is 9.69 Å². The van der Waals surface area contributed by atoms with Crippen molar-refractivity contribution in [1.29, 1.82) is 0 Å². The highest BCUT2D eigenvalue weighted by Crippen LogP contribution is 2.48. The smallest absolute Gasteiger partial charge is 0.237 e. The summed E-state index contributed by atoms with van der Waals surface area (Å²) >= 11 is 0. The zero-order valence-electron chi connectivity index (χ0n) is 22.7. The van der Waals surface area contributed by atoms with Gasteiger partial charge in [0.15, 0.2) is 0 Å². The van der Waals surface area contributed by atoms with Gasteiger partial charge < -0.3 is 25.0 Å². The highest BCUT2D eigenvalue weighted by atomic mass is 16.5. The van der Waals surface area contributed by atoms with Crippen molar-refractivity contribution in [2.24, 2.45) is 5.92 Å². The molecule has 0 radical (unpaired) electrons. The van der Waals surface area contributed by atoms with Crippen LogP contribution < -0.4 is 10.2 Å². The average molecular weight is 513 g/mol. The first-order valence-electron chi connectivity index (χ1n) is 15.0. The van der Waals surface area contributed by atoms with Gasteiger partial charge in [-0.05, 0) is 56.3 Å². The summed E-state index contributed by atoms with van der Waals surface area (Å²) in [5.74, 6) is 1.02. The number of para-hydroxylation sites is 1. The molecule has 1 aromatic rings. The molecule has 1 aromatic carbocycles. The number of likely N-dealkylation sites (tertiary alicyclic amines) is 1. The first kappa shape index (κ1) is 27.1. The summed E-state index contributed by atoms with van der Waals surface area (Å²) in [6.45, 7) is 9.40. The lowest BCUT2D eigenvalue weighted by molar-refractivity contribution is -0.125. The van der Waals surface area contributed by atoms with E-state index in [0.29, 0.717) is 13.1 Å². The van der Waals surface area contributed by atoms with E-state index < -0.39 is 11.5 Å². The number of ether oxygens (including phenoxy) is 1. The van der Waals surface area contributed by atoms with Crippen molar-refractivity contribution in [1.82, 2.24) is 15.1 Å². The normalized spacial score (nSPS) is 24.7. The molecule has 7 heteroatoms. The van der Waals surface area contributed by atoms with E-state index in [4.69, 9.17) is 4.74 Å². The number of piperidine rings is 1. The van der Waals surface area contributed by atoms with Gasteiger partial charge in [-0.2, -0.15) is 0 Å². The molecule has 3 aliphatic heterocycles. The number of benzene rings is 1. The molecule has 2 saturated heterocycles. The van der Waals surface area contributed by atoms with Crippen LogP contribution in [0, 0.1) is 5.92 Å². The van der Waals surface area contributed by atoms with E-state index in [9.17, 15) is 9.90 Å². The van der Waals surface area contributed by atoms with E-state index in [1.54, 1.807) is 0 Å². The first-order chi connectivity index (χ1) is 18.2. The predicted octanol–water partition coefficient (Wildman–Crippen LogP) is 3.01. The zero-order chi connectivity index (χ0) is 25.5. The van der Waals surface area contributed by atoms with Gasteiger partial charge in [0, 0.05) is 45.0 Å². The molecule has 0 aromatic heterocycles. The van der Waals surface area contributed by atoms with Crippen LogP contribution in [0.25, 0.3) is 0 Å². The molecule has 3 heterocycles. The molecular formula is C30H48N4O3. The van der Waals surface area contributed by atoms with Crippen LogP contribution in [0.1, 0.15) is 63.4 Å². The number of aliphatic hydroxyl groups excluding tert-OH is 1. The number of aliphatic hydroxyl groups is 1.